The van der Waals surface area contributed by atoms with Crippen molar-refractivity contribution in [3.05, 3.63) is 69.9 Å². The van der Waals surface area contributed by atoms with E-state index in [1.807, 2.05) is 37.3 Å². The molecular weight excluding hydrogens is 334 g/mol. The summed E-state index contributed by atoms with van der Waals surface area (Å²) in [7, 11) is 0. The van der Waals surface area contributed by atoms with Crippen molar-refractivity contribution in [1.29, 1.82) is 0 Å². The molecule has 0 bridgehead atoms. The maximum atomic E-state index is 12.7. The molecule has 5 rings (SSSR count). The van der Waals surface area contributed by atoms with Crippen molar-refractivity contribution in [1.82, 2.24) is 4.98 Å². The molecule has 5 heteroatoms. The highest BCUT2D eigenvalue weighted by Gasteiger charge is 2.33. The Hall–Kier alpha value is -3.05. The van der Waals surface area contributed by atoms with Crippen molar-refractivity contribution < 1.29 is 14.0 Å². The molecule has 1 aliphatic carbocycles. The van der Waals surface area contributed by atoms with Crippen LogP contribution in [-0.4, -0.2) is 16.6 Å². The van der Waals surface area contributed by atoms with Gasteiger partial charge in [0.1, 0.15) is 5.76 Å². The SMILES string of the molecule is Cc1nc2oc(C=C3C(=O)c4cc5ccccc5cc4C3=O)cc2s1. The summed E-state index contributed by atoms with van der Waals surface area (Å²) in [5, 5.41) is 2.81. The zero-order chi connectivity index (χ0) is 17.1. The molecule has 0 unspecified atom stereocenters. The molecule has 0 N–H and O–H groups in total. The van der Waals surface area contributed by atoms with Gasteiger partial charge in [-0.05, 0) is 35.9 Å². The monoisotopic (exact) mass is 345 g/mol. The molecule has 0 amide bonds. The van der Waals surface area contributed by atoms with Gasteiger partial charge < -0.3 is 4.42 Å². The number of aromatic nitrogens is 1. The van der Waals surface area contributed by atoms with Gasteiger partial charge in [0.15, 0.2) is 11.6 Å². The molecule has 2 aromatic carbocycles. The minimum atomic E-state index is -0.255. The Morgan fingerprint density at radius 1 is 1.00 bits per heavy atom. The Labute approximate surface area is 146 Å². The Morgan fingerprint density at radius 3 is 2.24 bits per heavy atom. The van der Waals surface area contributed by atoms with E-state index in [9.17, 15) is 9.59 Å². The van der Waals surface area contributed by atoms with Gasteiger partial charge in [-0.25, -0.2) is 4.98 Å². The predicted molar refractivity (Wildman–Crippen MR) is 97.2 cm³/mol. The number of aryl methyl sites for hydroxylation is 1. The Kier molecular flexibility index (Phi) is 2.85. The van der Waals surface area contributed by atoms with E-state index in [2.05, 4.69) is 4.98 Å². The number of hydrogen-bond acceptors (Lipinski definition) is 5. The predicted octanol–water partition coefficient (Wildman–Crippen LogP) is 4.81. The van der Waals surface area contributed by atoms with Crippen molar-refractivity contribution in [2.45, 2.75) is 6.92 Å². The van der Waals surface area contributed by atoms with Crippen molar-refractivity contribution in [3.63, 3.8) is 0 Å². The van der Waals surface area contributed by atoms with E-state index in [-0.39, 0.29) is 17.1 Å². The smallest absolute Gasteiger partial charge is 0.237 e. The van der Waals surface area contributed by atoms with Crippen LogP contribution in [0.25, 0.3) is 27.3 Å². The second-order valence-corrected chi connectivity index (χ2v) is 7.25. The van der Waals surface area contributed by atoms with Gasteiger partial charge in [0.25, 0.3) is 0 Å². The molecule has 1 aliphatic rings. The van der Waals surface area contributed by atoms with Crippen molar-refractivity contribution in [3.8, 4) is 0 Å². The zero-order valence-corrected chi connectivity index (χ0v) is 14.0. The zero-order valence-electron chi connectivity index (χ0n) is 13.2. The molecule has 120 valence electrons. The molecule has 0 atom stereocenters. The number of nitrogens with zero attached hydrogens (tertiary/aromatic N) is 1. The van der Waals surface area contributed by atoms with Gasteiger partial charge in [-0.15, -0.1) is 11.3 Å². The first kappa shape index (κ1) is 14.3. The lowest BCUT2D eigenvalue weighted by Crippen LogP contribution is -1.99. The van der Waals surface area contributed by atoms with Crippen LogP contribution < -0.4 is 0 Å². The number of furan rings is 1. The lowest BCUT2D eigenvalue weighted by atomic mass is 10.0. The summed E-state index contributed by atoms with van der Waals surface area (Å²) in [4.78, 5) is 29.7. The molecule has 2 aromatic heterocycles. The second-order valence-electron chi connectivity index (χ2n) is 6.01. The van der Waals surface area contributed by atoms with E-state index in [4.69, 9.17) is 4.42 Å². The number of thiazole rings is 1. The maximum absolute atomic E-state index is 12.7. The fourth-order valence-corrected chi connectivity index (χ4v) is 4.01. The summed E-state index contributed by atoms with van der Waals surface area (Å²) >= 11 is 1.52. The van der Waals surface area contributed by atoms with Crippen LogP contribution in [0, 0.1) is 6.92 Å². The summed E-state index contributed by atoms with van der Waals surface area (Å²) < 4.78 is 6.55. The average molecular weight is 345 g/mol. The van der Waals surface area contributed by atoms with Gasteiger partial charge >= 0.3 is 0 Å². The van der Waals surface area contributed by atoms with Gasteiger partial charge in [0.2, 0.25) is 5.71 Å². The summed E-state index contributed by atoms with van der Waals surface area (Å²) in [6.45, 7) is 1.91. The van der Waals surface area contributed by atoms with Crippen LogP contribution in [0.3, 0.4) is 0 Å². The van der Waals surface area contributed by atoms with Crippen LogP contribution in [-0.2, 0) is 0 Å². The van der Waals surface area contributed by atoms with E-state index in [0.717, 1.165) is 20.5 Å². The first-order chi connectivity index (χ1) is 12.1. The lowest BCUT2D eigenvalue weighted by Gasteiger charge is -2.00. The Morgan fingerprint density at radius 2 is 1.64 bits per heavy atom. The highest BCUT2D eigenvalue weighted by atomic mass is 32.1. The highest BCUT2D eigenvalue weighted by Crippen LogP contribution is 2.33. The number of carbonyl (C=O) groups excluding carboxylic acids is 2. The molecule has 0 radical (unpaired) electrons. The van der Waals surface area contributed by atoms with Gasteiger partial charge in [0, 0.05) is 17.2 Å². The van der Waals surface area contributed by atoms with E-state index >= 15 is 0 Å². The molecule has 0 spiro atoms. The van der Waals surface area contributed by atoms with E-state index < -0.39 is 0 Å². The normalized spacial score (nSPS) is 13.9. The number of rotatable bonds is 1. The Balaban J connectivity index is 1.64. The second kappa shape index (κ2) is 4.97. The summed E-state index contributed by atoms with van der Waals surface area (Å²) in [6, 6.07) is 13.1. The summed E-state index contributed by atoms with van der Waals surface area (Å²) in [5.41, 5.74) is 1.59. The van der Waals surface area contributed by atoms with E-state index in [1.165, 1.54) is 17.4 Å². The van der Waals surface area contributed by atoms with Crippen LogP contribution in [0.2, 0.25) is 0 Å². The van der Waals surface area contributed by atoms with E-state index in [1.54, 1.807) is 12.1 Å². The largest absolute Gasteiger partial charge is 0.437 e. The summed E-state index contributed by atoms with van der Waals surface area (Å²) in [6.07, 6.45) is 1.53. The standard InChI is InChI=1S/C20H11NO3S/c1-10-21-20-17(25-10)9-13(24-20)8-16-18(22)14-6-11-4-2-3-5-12(11)7-15(14)19(16)23/h2-9H,1H3. The quantitative estimate of drug-likeness (QED) is 0.367. The molecule has 4 nitrogen and oxygen atoms in total. The van der Waals surface area contributed by atoms with Crippen LogP contribution in [0.15, 0.2) is 52.5 Å². The molecule has 0 saturated carbocycles. The maximum Gasteiger partial charge on any atom is 0.237 e. The number of benzene rings is 2. The van der Waals surface area contributed by atoms with Crippen molar-refractivity contribution in [2.24, 2.45) is 0 Å². The fourth-order valence-electron chi connectivity index (χ4n) is 3.21. The lowest BCUT2D eigenvalue weighted by molar-refractivity contribution is 0.0990. The molecule has 0 fully saturated rings. The molecule has 4 aromatic rings. The first-order valence-electron chi connectivity index (χ1n) is 7.81. The van der Waals surface area contributed by atoms with Crippen LogP contribution in [0.5, 0.6) is 0 Å². The van der Waals surface area contributed by atoms with Crippen LogP contribution in [0.1, 0.15) is 31.5 Å². The minimum Gasteiger partial charge on any atom is -0.437 e. The minimum absolute atomic E-state index is 0.142. The number of carbonyl (C=O) groups is 2. The third-order valence-electron chi connectivity index (χ3n) is 4.37. The van der Waals surface area contributed by atoms with Gasteiger partial charge in [-0.1, -0.05) is 24.3 Å². The number of Topliss-reactive ketones (excluding diaryl/α,β-unsaturated/α-hetero) is 2. The number of hydrogen-bond donors (Lipinski definition) is 0. The number of ketones is 2. The van der Waals surface area contributed by atoms with Gasteiger partial charge in [-0.2, -0.15) is 0 Å². The van der Waals surface area contributed by atoms with Crippen LogP contribution >= 0.6 is 11.3 Å². The highest BCUT2D eigenvalue weighted by molar-refractivity contribution is 7.18. The molecular formula is C20H11NO3S. The molecule has 0 saturated heterocycles. The fraction of sp³-hybridized carbons (Fsp3) is 0.0500. The number of fused-ring (bicyclic) bond motifs is 3. The van der Waals surface area contributed by atoms with Crippen LogP contribution in [0.4, 0.5) is 0 Å². The van der Waals surface area contributed by atoms with Crippen molar-refractivity contribution in [2.75, 3.05) is 0 Å². The third-order valence-corrected chi connectivity index (χ3v) is 5.27. The molecule has 25 heavy (non-hydrogen) atoms. The molecule has 2 heterocycles. The summed E-state index contributed by atoms with van der Waals surface area (Å²) in [5.74, 6) is -0.0351. The first-order valence-corrected chi connectivity index (χ1v) is 8.63. The third kappa shape index (κ3) is 2.09. The topological polar surface area (TPSA) is 60.2 Å². The average Bonchev–Trinajstić information content (AvgIpc) is 3.20. The van der Waals surface area contributed by atoms with Crippen molar-refractivity contribution >= 4 is 50.2 Å². The van der Waals surface area contributed by atoms with Gasteiger partial charge in [-0.3, -0.25) is 9.59 Å². The molecule has 0 aliphatic heterocycles. The van der Waals surface area contributed by atoms with Gasteiger partial charge in [0.05, 0.1) is 15.3 Å². The van der Waals surface area contributed by atoms with E-state index in [0.29, 0.717) is 22.6 Å². The Bertz CT molecular complexity index is 1150. The number of allylic oxidation sites excluding steroid dienone is 1.